The average molecular weight is 396 g/mol. The lowest BCUT2D eigenvalue weighted by molar-refractivity contribution is 0.0948. The molecule has 1 unspecified atom stereocenters. The second-order valence-corrected chi connectivity index (χ2v) is 8.56. The summed E-state index contributed by atoms with van der Waals surface area (Å²) < 4.78 is 29.7. The summed E-state index contributed by atoms with van der Waals surface area (Å²) in [4.78, 5) is 12.3. The van der Waals surface area contributed by atoms with Gasteiger partial charge in [0, 0.05) is 17.4 Å². The van der Waals surface area contributed by atoms with E-state index in [-0.39, 0.29) is 23.9 Å². The van der Waals surface area contributed by atoms with E-state index in [0.29, 0.717) is 36.3 Å². The van der Waals surface area contributed by atoms with Crippen molar-refractivity contribution in [1.29, 1.82) is 0 Å². The lowest BCUT2D eigenvalue weighted by Crippen LogP contribution is -2.35. The predicted octanol–water partition coefficient (Wildman–Crippen LogP) is 2.69. The maximum atomic E-state index is 12.3. The predicted molar refractivity (Wildman–Crippen MR) is 104 cm³/mol. The highest BCUT2D eigenvalue weighted by Gasteiger charge is 2.28. The van der Waals surface area contributed by atoms with Crippen LogP contribution >= 0.6 is 12.4 Å². The molecule has 1 aliphatic rings. The Labute approximate surface area is 159 Å². The zero-order valence-corrected chi connectivity index (χ0v) is 16.1. The molecule has 0 heterocycles. The molecule has 0 saturated heterocycles. The van der Waals surface area contributed by atoms with E-state index < -0.39 is 15.9 Å². The normalized spacial score (nSPS) is 16.5. The second-order valence-electron chi connectivity index (χ2n) is 6.42. The molecule has 2 aromatic rings. The molecule has 0 bridgehead atoms. The second kappa shape index (κ2) is 8.20. The SMILES string of the molecule is CS(=O)(=O)Cc1c(OCc2ccccc2)ccc2c1CCC(N)C2=O.Cl. The summed E-state index contributed by atoms with van der Waals surface area (Å²) in [6, 6.07) is 12.5. The Morgan fingerprint density at radius 3 is 2.50 bits per heavy atom. The van der Waals surface area contributed by atoms with E-state index >= 15 is 0 Å². The molecule has 7 heteroatoms. The van der Waals surface area contributed by atoms with Crippen LogP contribution < -0.4 is 10.5 Å². The fourth-order valence-electron chi connectivity index (χ4n) is 3.11. The molecule has 5 nitrogen and oxygen atoms in total. The number of halogens is 1. The maximum Gasteiger partial charge on any atom is 0.179 e. The summed E-state index contributed by atoms with van der Waals surface area (Å²) in [5.74, 6) is 0.227. The Kier molecular flexibility index (Phi) is 6.44. The Morgan fingerprint density at radius 1 is 1.15 bits per heavy atom. The molecular formula is C19H22ClNO4S. The Morgan fingerprint density at radius 2 is 1.85 bits per heavy atom. The van der Waals surface area contributed by atoms with Gasteiger partial charge >= 0.3 is 0 Å². The summed E-state index contributed by atoms with van der Waals surface area (Å²) >= 11 is 0. The standard InChI is InChI=1S/C19H21NO4S.ClH/c1-25(22,23)12-16-14-7-9-17(20)19(21)15(14)8-10-18(16)24-11-13-5-3-2-4-6-13;/h2-6,8,10,17H,7,9,11-12,20H2,1H3;1H. The smallest absolute Gasteiger partial charge is 0.179 e. The molecule has 26 heavy (non-hydrogen) atoms. The highest BCUT2D eigenvalue weighted by atomic mass is 35.5. The van der Waals surface area contributed by atoms with Crippen LogP contribution in [0.1, 0.15) is 33.5 Å². The molecule has 3 rings (SSSR count). The number of Topliss-reactive ketones (excluding diaryl/α,β-unsaturated/α-hetero) is 1. The van der Waals surface area contributed by atoms with Gasteiger partial charge in [-0.15, -0.1) is 12.4 Å². The monoisotopic (exact) mass is 395 g/mol. The van der Waals surface area contributed by atoms with Crippen molar-refractivity contribution in [3.05, 3.63) is 64.7 Å². The molecule has 0 aromatic heterocycles. The van der Waals surface area contributed by atoms with Gasteiger partial charge < -0.3 is 10.5 Å². The third-order valence-electron chi connectivity index (χ3n) is 4.34. The molecule has 1 aliphatic carbocycles. The third kappa shape index (κ3) is 4.63. The Balaban J connectivity index is 0.00000243. The number of carbonyl (C=O) groups is 1. The van der Waals surface area contributed by atoms with Crippen molar-refractivity contribution in [3.8, 4) is 5.75 Å². The first-order valence-electron chi connectivity index (χ1n) is 8.14. The number of hydrogen-bond donors (Lipinski definition) is 1. The first kappa shape index (κ1) is 20.4. The third-order valence-corrected chi connectivity index (χ3v) is 5.15. The van der Waals surface area contributed by atoms with Gasteiger partial charge in [0.2, 0.25) is 0 Å². The topological polar surface area (TPSA) is 86.5 Å². The number of ether oxygens (including phenoxy) is 1. The van der Waals surface area contributed by atoms with Crippen LogP contribution in [0.3, 0.4) is 0 Å². The fraction of sp³-hybridized carbons (Fsp3) is 0.316. The highest BCUT2D eigenvalue weighted by Crippen LogP contribution is 2.32. The van der Waals surface area contributed by atoms with Gasteiger partial charge in [0.15, 0.2) is 15.6 Å². The minimum atomic E-state index is -3.27. The van der Waals surface area contributed by atoms with E-state index in [1.165, 1.54) is 6.26 Å². The maximum absolute atomic E-state index is 12.3. The lowest BCUT2D eigenvalue weighted by atomic mass is 9.85. The van der Waals surface area contributed by atoms with E-state index in [0.717, 1.165) is 11.1 Å². The van der Waals surface area contributed by atoms with Gasteiger partial charge in [0.25, 0.3) is 0 Å². The van der Waals surface area contributed by atoms with Gasteiger partial charge in [-0.2, -0.15) is 0 Å². The zero-order chi connectivity index (χ0) is 18.0. The number of ketones is 1. The van der Waals surface area contributed by atoms with Crippen molar-refractivity contribution in [2.24, 2.45) is 5.73 Å². The van der Waals surface area contributed by atoms with Crippen LogP contribution in [0.2, 0.25) is 0 Å². The number of sulfone groups is 1. The van der Waals surface area contributed by atoms with E-state index in [1.54, 1.807) is 12.1 Å². The van der Waals surface area contributed by atoms with Crippen molar-refractivity contribution in [3.63, 3.8) is 0 Å². The highest BCUT2D eigenvalue weighted by molar-refractivity contribution is 7.89. The van der Waals surface area contributed by atoms with Crippen molar-refractivity contribution in [2.75, 3.05) is 6.26 Å². The molecule has 0 fully saturated rings. The van der Waals surface area contributed by atoms with Crippen molar-refractivity contribution >= 4 is 28.0 Å². The zero-order valence-electron chi connectivity index (χ0n) is 14.5. The minimum Gasteiger partial charge on any atom is -0.489 e. The molecule has 2 aromatic carbocycles. The van der Waals surface area contributed by atoms with Crippen LogP contribution in [0.4, 0.5) is 0 Å². The van der Waals surface area contributed by atoms with Gasteiger partial charge in [-0.25, -0.2) is 8.42 Å². The molecule has 0 aliphatic heterocycles. The lowest BCUT2D eigenvalue weighted by Gasteiger charge is -2.24. The summed E-state index contributed by atoms with van der Waals surface area (Å²) in [6.07, 6.45) is 2.28. The van der Waals surface area contributed by atoms with E-state index in [9.17, 15) is 13.2 Å². The largest absolute Gasteiger partial charge is 0.489 e. The summed E-state index contributed by atoms with van der Waals surface area (Å²) in [5, 5.41) is 0. The van der Waals surface area contributed by atoms with Crippen molar-refractivity contribution in [2.45, 2.75) is 31.2 Å². The molecular weight excluding hydrogens is 374 g/mol. The van der Waals surface area contributed by atoms with Gasteiger partial charge in [-0.05, 0) is 36.1 Å². The van der Waals surface area contributed by atoms with Crippen LogP contribution in [0.5, 0.6) is 5.75 Å². The van der Waals surface area contributed by atoms with Crippen LogP contribution in [0.15, 0.2) is 42.5 Å². The van der Waals surface area contributed by atoms with E-state index in [4.69, 9.17) is 10.5 Å². The van der Waals surface area contributed by atoms with Crippen LogP contribution in [-0.4, -0.2) is 26.5 Å². The van der Waals surface area contributed by atoms with Crippen molar-refractivity contribution in [1.82, 2.24) is 0 Å². The fourth-order valence-corrected chi connectivity index (χ4v) is 3.95. The molecule has 140 valence electrons. The van der Waals surface area contributed by atoms with Gasteiger partial charge in [-0.1, -0.05) is 30.3 Å². The first-order valence-corrected chi connectivity index (χ1v) is 10.2. The van der Waals surface area contributed by atoms with E-state index in [2.05, 4.69) is 0 Å². The Bertz CT molecular complexity index is 897. The summed E-state index contributed by atoms with van der Waals surface area (Å²) in [5.41, 5.74) is 8.68. The number of benzene rings is 2. The van der Waals surface area contributed by atoms with E-state index in [1.807, 2.05) is 30.3 Å². The molecule has 0 saturated carbocycles. The van der Waals surface area contributed by atoms with Crippen molar-refractivity contribution < 1.29 is 17.9 Å². The van der Waals surface area contributed by atoms with Gasteiger partial charge in [0.05, 0.1) is 11.8 Å². The molecule has 1 atom stereocenters. The summed E-state index contributed by atoms with van der Waals surface area (Å²) in [6.45, 7) is 0.337. The molecule has 0 spiro atoms. The average Bonchev–Trinajstić information content (AvgIpc) is 2.57. The number of fused-ring (bicyclic) bond motifs is 1. The van der Waals surface area contributed by atoms with Crippen LogP contribution in [-0.2, 0) is 28.6 Å². The molecule has 0 amide bonds. The van der Waals surface area contributed by atoms with Gasteiger partial charge in [-0.3, -0.25) is 4.79 Å². The number of rotatable bonds is 5. The van der Waals surface area contributed by atoms with Crippen LogP contribution in [0.25, 0.3) is 0 Å². The molecule has 0 radical (unpaired) electrons. The van der Waals surface area contributed by atoms with Gasteiger partial charge in [0.1, 0.15) is 12.4 Å². The minimum absolute atomic E-state index is 0. The van der Waals surface area contributed by atoms with Crippen LogP contribution in [0, 0.1) is 0 Å². The number of carbonyl (C=O) groups excluding carboxylic acids is 1. The Hall–Kier alpha value is -1.89. The quantitative estimate of drug-likeness (QED) is 0.841. The molecule has 2 N–H and O–H groups in total. The number of nitrogens with two attached hydrogens (primary N) is 1. The number of hydrogen-bond acceptors (Lipinski definition) is 5. The summed E-state index contributed by atoms with van der Waals surface area (Å²) in [7, 11) is -3.27. The first-order chi connectivity index (χ1) is 11.8.